The van der Waals surface area contributed by atoms with Crippen molar-refractivity contribution in [3.8, 4) is 0 Å². The molecule has 1 rings (SSSR count). The molecule has 0 aliphatic heterocycles. The molecular formula is C15H24N2O2S. The van der Waals surface area contributed by atoms with Gasteiger partial charge in [-0.1, -0.05) is 30.3 Å². The van der Waals surface area contributed by atoms with Crippen LogP contribution >= 0.6 is 0 Å². The second-order valence-electron chi connectivity index (χ2n) is 5.77. The van der Waals surface area contributed by atoms with Gasteiger partial charge in [0.25, 0.3) is 0 Å². The van der Waals surface area contributed by atoms with Gasteiger partial charge in [-0.25, -0.2) is 8.42 Å². The minimum Gasteiger partial charge on any atom is -0.326 e. The fourth-order valence-electron chi connectivity index (χ4n) is 1.98. The first-order chi connectivity index (χ1) is 9.20. The molecule has 1 aromatic rings. The van der Waals surface area contributed by atoms with Crippen LogP contribution < -0.4 is 5.73 Å². The standard InChI is InChI=1S/C15H24N2O2S/c1-5-10-17(15(2,3)4)20(18,19)12-14-8-6-13(11-16)7-9-14/h5-9H,1,10-12,16H2,2-4H3. The predicted octanol–water partition coefficient (Wildman–Crippen LogP) is 2.26. The Morgan fingerprint density at radius 1 is 1.20 bits per heavy atom. The van der Waals surface area contributed by atoms with Gasteiger partial charge in [0.1, 0.15) is 0 Å². The van der Waals surface area contributed by atoms with E-state index in [1.807, 2.05) is 45.0 Å². The highest BCUT2D eigenvalue weighted by Gasteiger charge is 2.31. The quantitative estimate of drug-likeness (QED) is 0.819. The highest BCUT2D eigenvalue weighted by Crippen LogP contribution is 2.21. The molecule has 0 unspecified atom stereocenters. The van der Waals surface area contributed by atoms with Crippen molar-refractivity contribution in [2.24, 2.45) is 5.73 Å². The molecule has 0 saturated carbocycles. The molecule has 0 aromatic heterocycles. The molecule has 0 amide bonds. The van der Waals surface area contributed by atoms with E-state index in [4.69, 9.17) is 5.73 Å². The van der Waals surface area contributed by atoms with Gasteiger partial charge in [0.2, 0.25) is 10.0 Å². The molecule has 0 bridgehead atoms. The highest BCUT2D eigenvalue weighted by molar-refractivity contribution is 7.88. The molecule has 0 aliphatic rings. The summed E-state index contributed by atoms with van der Waals surface area (Å²) in [5, 5.41) is 0. The van der Waals surface area contributed by atoms with Crippen LogP contribution in [0.15, 0.2) is 36.9 Å². The average Bonchev–Trinajstić information content (AvgIpc) is 2.35. The van der Waals surface area contributed by atoms with E-state index in [1.165, 1.54) is 4.31 Å². The Labute approximate surface area is 122 Å². The Morgan fingerprint density at radius 3 is 2.10 bits per heavy atom. The van der Waals surface area contributed by atoms with Gasteiger partial charge in [0, 0.05) is 18.6 Å². The molecule has 1 aromatic carbocycles. The maximum Gasteiger partial charge on any atom is 0.219 e. The van der Waals surface area contributed by atoms with Crippen molar-refractivity contribution in [3.63, 3.8) is 0 Å². The number of sulfonamides is 1. The second-order valence-corrected chi connectivity index (χ2v) is 7.66. The number of hydrogen-bond donors (Lipinski definition) is 1. The third-order valence-corrected chi connectivity index (χ3v) is 5.05. The van der Waals surface area contributed by atoms with Crippen LogP contribution in [0, 0.1) is 0 Å². The van der Waals surface area contributed by atoms with Crippen molar-refractivity contribution in [3.05, 3.63) is 48.0 Å². The first-order valence-corrected chi connectivity index (χ1v) is 8.21. The number of nitrogens with two attached hydrogens (primary N) is 1. The van der Waals surface area contributed by atoms with Crippen LogP contribution in [0.1, 0.15) is 31.9 Å². The largest absolute Gasteiger partial charge is 0.326 e. The summed E-state index contributed by atoms with van der Waals surface area (Å²) in [6, 6.07) is 7.35. The number of rotatable bonds is 6. The normalized spacial score (nSPS) is 12.7. The summed E-state index contributed by atoms with van der Waals surface area (Å²) in [4.78, 5) is 0. The fourth-order valence-corrected chi connectivity index (χ4v) is 3.92. The number of hydrogen-bond acceptors (Lipinski definition) is 3. The third kappa shape index (κ3) is 4.44. The summed E-state index contributed by atoms with van der Waals surface area (Å²) in [5.74, 6) is -0.0110. The van der Waals surface area contributed by atoms with Gasteiger partial charge in [0.05, 0.1) is 5.75 Å². The van der Waals surface area contributed by atoms with Crippen molar-refractivity contribution in [2.75, 3.05) is 6.54 Å². The van der Waals surface area contributed by atoms with E-state index in [0.29, 0.717) is 13.1 Å². The molecule has 5 heteroatoms. The molecule has 4 nitrogen and oxygen atoms in total. The molecule has 0 spiro atoms. The zero-order valence-corrected chi connectivity index (χ0v) is 13.3. The number of benzene rings is 1. The topological polar surface area (TPSA) is 63.4 Å². The predicted molar refractivity (Wildman–Crippen MR) is 83.6 cm³/mol. The van der Waals surface area contributed by atoms with Gasteiger partial charge >= 0.3 is 0 Å². The SMILES string of the molecule is C=CCN(C(C)(C)C)S(=O)(=O)Cc1ccc(CN)cc1. The molecule has 112 valence electrons. The lowest BCUT2D eigenvalue weighted by Crippen LogP contribution is -2.46. The van der Waals surface area contributed by atoms with Crippen LogP contribution in [0.4, 0.5) is 0 Å². The molecule has 0 heterocycles. The Hall–Kier alpha value is -1.17. The summed E-state index contributed by atoms with van der Waals surface area (Å²) >= 11 is 0. The van der Waals surface area contributed by atoms with Crippen LogP contribution in [0.5, 0.6) is 0 Å². The summed E-state index contributed by atoms with van der Waals surface area (Å²) in [5.41, 5.74) is 6.82. The van der Waals surface area contributed by atoms with Crippen molar-refractivity contribution < 1.29 is 8.42 Å². The summed E-state index contributed by atoms with van der Waals surface area (Å²) in [6.45, 7) is 10.0. The van der Waals surface area contributed by atoms with Crippen LogP contribution in [0.25, 0.3) is 0 Å². The minimum absolute atomic E-state index is 0.0110. The zero-order valence-electron chi connectivity index (χ0n) is 12.5. The Balaban J connectivity index is 2.99. The number of nitrogens with zero attached hydrogens (tertiary/aromatic N) is 1. The maximum absolute atomic E-state index is 12.5. The summed E-state index contributed by atoms with van der Waals surface area (Å²) < 4.78 is 26.6. The zero-order chi connectivity index (χ0) is 15.4. The van der Waals surface area contributed by atoms with Crippen molar-refractivity contribution in [2.45, 2.75) is 38.6 Å². The van der Waals surface area contributed by atoms with E-state index >= 15 is 0 Å². The van der Waals surface area contributed by atoms with Crippen molar-refractivity contribution in [1.82, 2.24) is 4.31 Å². The summed E-state index contributed by atoms with van der Waals surface area (Å²) in [6.07, 6.45) is 1.61. The lowest BCUT2D eigenvalue weighted by atomic mass is 10.1. The van der Waals surface area contributed by atoms with E-state index in [1.54, 1.807) is 6.08 Å². The van der Waals surface area contributed by atoms with Gasteiger partial charge in [-0.05, 0) is 31.9 Å². The lowest BCUT2D eigenvalue weighted by molar-refractivity contribution is 0.269. The van der Waals surface area contributed by atoms with E-state index in [-0.39, 0.29) is 5.75 Å². The van der Waals surface area contributed by atoms with Gasteiger partial charge < -0.3 is 5.73 Å². The first kappa shape index (κ1) is 16.9. The molecule has 0 aliphatic carbocycles. The molecule has 0 saturated heterocycles. The highest BCUT2D eigenvalue weighted by atomic mass is 32.2. The monoisotopic (exact) mass is 296 g/mol. The van der Waals surface area contributed by atoms with Gasteiger partial charge in [-0.2, -0.15) is 4.31 Å². The smallest absolute Gasteiger partial charge is 0.219 e. The summed E-state index contributed by atoms with van der Waals surface area (Å²) in [7, 11) is -3.38. The molecule has 20 heavy (non-hydrogen) atoms. The second kappa shape index (κ2) is 6.52. The van der Waals surface area contributed by atoms with Gasteiger partial charge in [-0.3, -0.25) is 0 Å². The molecular weight excluding hydrogens is 272 g/mol. The Bertz CT molecular complexity index is 542. The van der Waals surface area contributed by atoms with Crippen LogP contribution in [0.3, 0.4) is 0 Å². The lowest BCUT2D eigenvalue weighted by Gasteiger charge is -2.33. The Morgan fingerprint density at radius 2 is 1.70 bits per heavy atom. The first-order valence-electron chi connectivity index (χ1n) is 6.60. The Kier molecular flexibility index (Phi) is 5.50. The van der Waals surface area contributed by atoms with Crippen molar-refractivity contribution >= 4 is 10.0 Å². The van der Waals surface area contributed by atoms with Gasteiger partial charge in [0.15, 0.2) is 0 Å². The minimum atomic E-state index is -3.38. The average molecular weight is 296 g/mol. The van der Waals surface area contributed by atoms with Crippen LogP contribution in [0.2, 0.25) is 0 Å². The van der Waals surface area contributed by atoms with E-state index in [0.717, 1.165) is 11.1 Å². The fraction of sp³-hybridized carbons (Fsp3) is 0.467. The van der Waals surface area contributed by atoms with Crippen LogP contribution in [-0.2, 0) is 22.3 Å². The van der Waals surface area contributed by atoms with Gasteiger partial charge in [-0.15, -0.1) is 6.58 Å². The molecule has 0 radical (unpaired) electrons. The third-order valence-electron chi connectivity index (χ3n) is 2.99. The maximum atomic E-state index is 12.5. The van der Waals surface area contributed by atoms with Crippen molar-refractivity contribution in [1.29, 1.82) is 0 Å². The molecule has 0 fully saturated rings. The molecule has 2 N–H and O–H groups in total. The van der Waals surface area contributed by atoms with E-state index < -0.39 is 15.6 Å². The molecule has 0 atom stereocenters. The van der Waals surface area contributed by atoms with E-state index in [2.05, 4.69) is 6.58 Å². The van der Waals surface area contributed by atoms with E-state index in [9.17, 15) is 8.42 Å². The van der Waals surface area contributed by atoms with Crippen LogP contribution in [-0.4, -0.2) is 24.8 Å².